The molecule has 1 aliphatic heterocycles. The van der Waals surface area contributed by atoms with Crippen LogP contribution in [0.15, 0.2) is 23.0 Å². The van der Waals surface area contributed by atoms with E-state index in [-0.39, 0.29) is 11.3 Å². The molecule has 3 nitrogen and oxygen atoms in total. The van der Waals surface area contributed by atoms with Crippen LogP contribution in [0, 0.1) is 5.92 Å². The number of rotatable bonds is 2. The van der Waals surface area contributed by atoms with E-state index in [1.54, 1.807) is 11.3 Å². The monoisotopic (exact) mass is 327 g/mol. The molecule has 2 heterocycles. The summed E-state index contributed by atoms with van der Waals surface area (Å²) in [6.07, 6.45) is 5.33. The fourth-order valence-corrected chi connectivity index (χ4v) is 4.95. The molecule has 0 spiro atoms. The lowest BCUT2D eigenvalue weighted by Gasteiger charge is -2.31. The first-order chi connectivity index (χ1) is 11.2. The highest BCUT2D eigenvalue weighted by Gasteiger charge is 2.24. The van der Waals surface area contributed by atoms with E-state index in [0.717, 1.165) is 60.0 Å². The molecule has 4 heteroatoms. The van der Waals surface area contributed by atoms with Crippen molar-refractivity contribution in [3.8, 4) is 0 Å². The lowest BCUT2D eigenvalue weighted by molar-refractivity contribution is 0.0652. The maximum atomic E-state index is 12.8. The summed E-state index contributed by atoms with van der Waals surface area (Å²) in [6, 6.07) is 5.60. The second-order valence-electron chi connectivity index (χ2n) is 6.71. The fourth-order valence-electron chi connectivity index (χ4n) is 3.59. The van der Waals surface area contributed by atoms with E-state index < -0.39 is 0 Å². The Morgan fingerprint density at radius 2 is 2.17 bits per heavy atom. The van der Waals surface area contributed by atoms with Gasteiger partial charge in [-0.15, -0.1) is 11.3 Å². The lowest BCUT2D eigenvalue weighted by atomic mass is 9.86. The second-order valence-corrected chi connectivity index (χ2v) is 7.84. The summed E-state index contributed by atoms with van der Waals surface area (Å²) in [5.41, 5.74) is 1.93. The number of hydrogen-bond donors (Lipinski definition) is 0. The minimum absolute atomic E-state index is 0.0990. The molecule has 1 aromatic heterocycles. The van der Waals surface area contributed by atoms with E-state index in [0.29, 0.717) is 5.92 Å². The SMILES string of the molecule is CCC1CCc2c(sc3cc(C(=O)N4CCC4)ccc3c2=O)C1. The van der Waals surface area contributed by atoms with E-state index in [1.165, 1.54) is 11.3 Å². The number of likely N-dealkylation sites (tertiary alicyclic amines) is 1. The van der Waals surface area contributed by atoms with Crippen LogP contribution in [-0.4, -0.2) is 23.9 Å². The minimum Gasteiger partial charge on any atom is -0.339 e. The standard InChI is InChI=1S/C19H21NO2S/c1-2-12-4-6-14-16(10-12)23-17-11-13(5-7-15(17)18(14)21)19(22)20-8-3-9-20/h5,7,11-12H,2-4,6,8-10H2,1H3. The molecule has 0 saturated carbocycles. The zero-order valence-electron chi connectivity index (χ0n) is 13.4. The molecule has 0 N–H and O–H groups in total. The van der Waals surface area contributed by atoms with Gasteiger partial charge < -0.3 is 4.90 Å². The lowest BCUT2D eigenvalue weighted by Crippen LogP contribution is -2.42. The zero-order chi connectivity index (χ0) is 16.0. The molecule has 1 unspecified atom stereocenters. The largest absolute Gasteiger partial charge is 0.339 e. The van der Waals surface area contributed by atoms with Crippen LogP contribution in [-0.2, 0) is 12.8 Å². The summed E-state index contributed by atoms with van der Waals surface area (Å²) >= 11 is 1.72. The van der Waals surface area contributed by atoms with Crippen LogP contribution >= 0.6 is 11.3 Å². The summed E-state index contributed by atoms with van der Waals surface area (Å²) in [4.78, 5) is 28.3. The van der Waals surface area contributed by atoms with Gasteiger partial charge in [0.25, 0.3) is 5.91 Å². The molecule has 1 amide bonds. The minimum atomic E-state index is 0.0990. The van der Waals surface area contributed by atoms with Crippen LogP contribution in [0.3, 0.4) is 0 Å². The molecule has 1 fully saturated rings. The number of fused-ring (bicyclic) bond motifs is 2. The van der Waals surface area contributed by atoms with E-state index in [4.69, 9.17) is 0 Å². The molecular formula is C19H21NO2S. The predicted molar refractivity (Wildman–Crippen MR) is 94.4 cm³/mol. The zero-order valence-corrected chi connectivity index (χ0v) is 14.2. The van der Waals surface area contributed by atoms with Gasteiger partial charge in [0, 0.05) is 39.2 Å². The summed E-state index contributed by atoms with van der Waals surface area (Å²) < 4.78 is 0.969. The highest BCUT2D eigenvalue weighted by Crippen LogP contribution is 2.32. The van der Waals surface area contributed by atoms with Crippen molar-refractivity contribution in [2.75, 3.05) is 13.1 Å². The van der Waals surface area contributed by atoms with Gasteiger partial charge in [0.05, 0.1) is 0 Å². The number of carbonyl (C=O) groups is 1. The van der Waals surface area contributed by atoms with E-state index in [2.05, 4.69) is 6.92 Å². The van der Waals surface area contributed by atoms with Crippen LogP contribution in [0.25, 0.3) is 10.1 Å². The van der Waals surface area contributed by atoms with Gasteiger partial charge in [-0.25, -0.2) is 0 Å². The Hall–Kier alpha value is -1.68. The predicted octanol–water partition coefficient (Wildman–Crippen LogP) is 3.62. The molecule has 1 aromatic carbocycles. The van der Waals surface area contributed by atoms with Gasteiger partial charge in [-0.3, -0.25) is 9.59 Å². The van der Waals surface area contributed by atoms with Crippen molar-refractivity contribution < 1.29 is 4.79 Å². The molecule has 1 atom stereocenters. The van der Waals surface area contributed by atoms with Gasteiger partial charge in [0.2, 0.25) is 0 Å². The number of nitrogens with zero attached hydrogens (tertiary/aromatic N) is 1. The van der Waals surface area contributed by atoms with Gasteiger partial charge in [0.15, 0.2) is 5.43 Å². The first kappa shape index (κ1) is 14.9. The number of hydrogen-bond acceptors (Lipinski definition) is 3. The van der Waals surface area contributed by atoms with Gasteiger partial charge in [0.1, 0.15) is 0 Å². The molecule has 23 heavy (non-hydrogen) atoms. The highest BCUT2D eigenvalue weighted by molar-refractivity contribution is 7.18. The Morgan fingerprint density at radius 1 is 1.35 bits per heavy atom. The average Bonchev–Trinajstić information content (AvgIpc) is 2.52. The summed E-state index contributed by atoms with van der Waals surface area (Å²) in [5.74, 6) is 0.795. The first-order valence-electron chi connectivity index (χ1n) is 8.55. The van der Waals surface area contributed by atoms with E-state index in [1.807, 2.05) is 23.1 Å². The average molecular weight is 327 g/mol. The molecule has 120 valence electrons. The fraction of sp³-hybridized carbons (Fsp3) is 0.474. The van der Waals surface area contributed by atoms with Crippen LogP contribution in [0.5, 0.6) is 0 Å². The van der Waals surface area contributed by atoms with Crippen molar-refractivity contribution in [3.05, 3.63) is 44.4 Å². The smallest absolute Gasteiger partial charge is 0.253 e. The van der Waals surface area contributed by atoms with Crippen molar-refractivity contribution in [1.29, 1.82) is 0 Å². The van der Waals surface area contributed by atoms with E-state index >= 15 is 0 Å². The summed E-state index contributed by atoms with van der Waals surface area (Å²) in [6.45, 7) is 3.94. The van der Waals surface area contributed by atoms with Crippen LogP contribution in [0.4, 0.5) is 0 Å². The van der Waals surface area contributed by atoms with Crippen LogP contribution in [0.1, 0.15) is 47.0 Å². The van der Waals surface area contributed by atoms with E-state index in [9.17, 15) is 9.59 Å². The second kappa shape index (κ2) is 5.75. The molecule has 1 saturated heterocycles. The molecular weight excluding hydrogens is 306 g/mol. The number of carbonyl (C=O) groups excluding carboxylic acids is 1. The highest BCUT2D eigenvalue weighted by atomic mass is 32.1. The third-order valence-electron chi connectivity index (χ3n) is 5.31. The Bertz CT molecular complexity index is 835. The van der Waals surface area contributed by atoms with Crippen molar-refractivity contribution in [2.24, 2.45) is 5.92 Å². The molecule has 2 aliphatic rings. The quantitative estimate of drug-likeness (QED) is 0.845. The third kappa shape index (κ3) is 2.49. The van der Waals surface area contributed by atoms with Crippen molar-refractivity contribution in [3.63, 3.8) is 0 Å². The summed E-state index contributed by atoms with van der Waals surface area (Å²) in [7, 11) is 0. The van der Waals surface area contributed by atoms with Crippen molar-refractivity contribution in [1.82, 2.24) is 4.90 Å². The normalized spacial score (nSPS) is 20.2. The molecule has 4 rings (SSSR count). The molecule has 0 radical (unpaired) electrons. The van der Waals surface area contributed by atoms with Crippen LogP contribution in [0.2, 0.25) is 0 Å². The maximum Gasteiger partial charge on any atom is 0.253 e. The van der Waals surface area contributed by atoms with Gasteiger partial charge in [-0.05, 0) is 49.8 Å². The Kier molecular flexibility index (Phi) is 3.72. The Labute approximate surface area is 139 Å². The van der Waals surface area contributed by atoms with Gasteiger partial charge in [-0.2, -0.15) is 0 Å². The Balaban J connectivity index is 1.79. The summed E-state index contributed by atoms with van der Waals surface area (Å²) in [5, 5.41) is 0.781. The molecule has 1 aliphatic carbocycles. The maximum absolute atomic E-state index is 12.8. The Morgan fingerprint density at radius 3 is 2.87 bits per heavy atom. The third-order valence-corrected chi connectivity index (χ3v) is 6.53. The molecule has 0 bridgehead atoms. The molecule has 2 aromatic rings. The first-order valence-corrected chi connectivity index (χ1v) is 9.37. The van der Waals surface area contributed by atoms with Gasteiger partial charge in [-0.1, -0.05) is 13.3 Å². The van der Waals surface area contributed by atoms with Crippen molar-refractivity contribution >= 4 is 27.3 Å². The van der Waals surface area contributed by atoms with Gasteiger partial charge >= 0.3 is 0 Å². The van der Waals surface area contributed by atoms with Crippen LogP contribution < -0.4 is 5.43 Å². The van der Waals surface area contributed by atoms with Crippen molar-refractivity contribution in [2.45, 2.75) is 39.0 Å². The number of benzene rings is 1. The topological polar surface area (TPSA) is 37.4 Å². The number of amides is 1.